The normalized spacial score (nSPS) is 12.8. The van der Waals surface area contributed by atoms with Crippen molar-refractivity contribution < 1.29 is 13.9 Å². The first kappa shape index (κ1) is 23.7. The van der Waals surface area contributed by atoms with Gasteiger partial charge in [-0.05, 0) is 48.4 Å². The number of amides is 1. The van der Waals surface area contributed by atoms with Gasteiger partial charge >= 0.3 is 0 Å². The molecule has 1 atom stereocenters. The second-order valence-corrected chi connectivity index (χ2v) is 10.6. The number of halogens is 1. The van der Waals surface area contributed by atoms with Crippen molar-refractivity contribution in [1.82, 2.24) is 20.3 Å². The molecule has 2 aromatic heterocycles. The average Bonchev–Trinajstić information content (AvgIpc) is 3.22. The van der Waals surface area contributed by atoms with Gasteiger partial charge in [-0.2, -0.15) is 5.26 Å². The van der Waals surface area contributed by atoms with Crippen molar-refractivity contribution >= 4 is 46.4 Å². The fourth-order valence-electron chi connectivity index (χ4n) is 3.84. The largest absolute Gasteiger partial charge is 0.350 e. The molecule has 4 rings (SSSR count). The van der Waals surface area contributed by atoms with E-state index in [9.17, 15) is 9.36 Å². The summed E-state index contributed by atoms with van der Waals surface area (Å²) in [5, 5.41) is 13.5. The number of nitrogens with zero attached hydrogens (tertiary/aromatic N) is 3. The number of aryl methyl sites for hydroxylation is 1. The highest BCUT2D eigenvalue weighted by atomic mass is 35.5. The molecule has 2 heterocycles. The quantitative estimate of drug-likeness (QED) is 0.378. The van der Waals surface area contributed by atoms with E-state index < -0.39 is 13.3 Å². The fourth-order valence-corrected chi connectivity index (χ4v) is 6.33. The highest BCUT2D eigenvalue weighted by Crippen LogP contribution is 2.47. The van der Waals surface area contributed by atoms with Gasteiger partial charge in [-0.1, -0.05) is 17.7 Å². The summed E-state index contributed by atoms with van der Waals surface area (Å²) >= 11 is 6.26. The lowest BCUT2D eigenvalue weighted by molar-refractivity contribution is 0.0947. The Morgan fingerprint density at radius 1 is 1.21 bits per heavy atom. The van der Waals surface area contributed by atoms with Gasteiger partial charge in [0, 0.05) is 52.8 Å². The number of hydrogen-bond donors (Lipinski definition) is 2. The minimum Gasteiger partial charge on any atom is -0.350 e. The molecule has 34 heavy (non-hydrogen) atoms. The summed E-state index contributed by atoms with van der Waals surface area (Å²) in [6, 6.07) is 12.5. The molecule has 1 unspecified atom stereocenters. The number of benzene rings is 2. The van der Waals surface area contributed by atoms with E-state index in [1.165, 1.54) is 13.4 Å². The monoisotopic (exact) mass is 493 g/mol. The van der Waals surface area contributed by atoms with E-state index >= 15 is 0 Å². The predicted molar refractivity (Wildman–Crippen MR) is 131 cm³/mol. The Hall–Kier alpha value is -3.50. The molecule has 0 aliphatic carbocycles. The molecule has 8 nitrogen and oxygen atoms in total. The number of H-pyrrole nitrogens is 1. The highest BCUT2D eigenvalue weighted by molar-refractivity contribution is 7.75. The number of aromatic amines is 1. The molecule has 2 aromatic carbocycles. The van der Waals surface area contributed by atoms with Crippen LogP contribution in [0.15, 0.2) is 55.1 Å². The molecule has 0 fully saturated rings. The summed E-state index contributed by atoms with van der Waals surface area (Å²) < 4.78 is 20.2. The van der Waals surface area contributed by atoms with Crippen molar-refractivity contribution in [3.05, 3.63) is 82.5 Å². The molecule has 0 radical (unpaired) electrons. The first-order chi connectivity index (χ1) is 16.4. The Bertz CT molecular complexity index is 1460. The Balaban J connectivity index is 1.87. The van der Waals surface area contributed by atoms with E-state index in [1.54, 1.807) is 42.7 Å². The molecule has 1 amide bonds. The summed E-state index contributed by atoms with van der Waals surface area (Å²) in [5.74, 6) is -0.464. The van der Waals surface area contributed by atoms with Crippen LogP contribution in [-0.2, 0) is 22.1 Å². The molecule has 0 spiro atoms. The lowest BCUT2D eigenvalue weighted by atomic mass is 10.1. The van der Waals surface area contributed by atoms with Crippen LogP contribution in [0.4, 0.5) is 0 Å². The van der Waals surface area contributed by atoms with Crippen molar-refractivity contribution in [2.45, 2.75) is 19.9 Å². The maximum Gasteiger partial charge on any atom is 0.268 e. The summed E-state index contributed by atoms with van der Waals surface area (Å²) in [7, 11) is -2.43. The zero-order valence-electron chi connectivity index (χ0n) is 18.5. The van der Waals surface area contributed by atoms with Gasteiger partial charge in [-0.25, -0.2) is 9.97 Å². The van der Waals surface area contributed by atoms with E-state index in [2.05, 4.69) is 26.3 Å². The topological polar surface area (TPSA) is 121 Å². The molecular weight excluding hydrogens is 473 g/mol. The first-order valence-corrected chi connectivity index (χ1v) is 12.3. The zero-order chi connectivity index (χ0) is 24.3. The van der Waals surface area contributed by atoms with Gasteiger partial charge in [0.1, 0.15) is 12.0 Å². The maximum atomic E-state index is 14.5. The van der Waals surface area contributed by atoms with E-state index in [-0.39, 0.29) is 24.0 Å². The van der Waals surface area contributed by atoms with Crippen molar-refractivity contribution in [3.8, 4) is 6.07 Å². The average molecular weight is 494 g/mol. The Morgan fingerprint density at radius 3 is 2.68 bits per heavy atom. The number of aromatic nitrogens is 3. The van der Waals surface area contributed by atoms with Gasteiger partial charge in [-0.3, -0.25) is 9.36 Å². The molecule has 0 aliphatic rings. The SMILES string of the molecule is COP(=O)(c1cc(C)cc(CC#N)c1)c1c(C(=O)NCc2cncnc2)[nH]c2ccc(Cl)cc12. The summed E-state index contributed by atoms with van der Waals surface area (Å²) in [5.41, 5.74) is 2.96. The van der Waals surface area contributed by atoms with Crippen molar-refractivity contribution in [2.24, 2.45) is 0 Å². The van der Waals surface area contributed by atoms with Crippen LogP contribution in [0.25, 0.3) is 10.9 Å². The lowest BCUT2D eigenvalue weighted by Gasteiger charge is -2.19. The van der Waals surface area contributed by atoms with Crippen LogP contribution in [0.3, 0.4) is 0 Å². The minimum absolute atomic E-state index is 0.114. The number of fused-ring (bicyclic) bond motifs is 1. The molecule has 0 aliphatic heterocycles. The third-order valence-electron chi connectivity index (χ3n) is 5.32. The predicted octanol–water partition coefficient (Wildman–Crippen LogP) is 3.79. The number of rotatable bonds is 7. The second-order valence-electron chi connectivity index (χ2n) is 7.71. The Morgan fingerprint density at radius 2 is 1.97 bits per heavy atom. The van der Waals surface area contributed by atoms with E-state index in [0.29, 0.717) is 32.4 Å². The second kappa shape index (κ2) is 9.78. The molecule has 10 heteroatoms. The smallest absolute Gasteiger partial charge is 0.268 e. The zero-order valence-corrected chi connectivity index (χ0v) is 20.2. The van der Waals surface area contributed by atoms with Crippen LogP contribution in [0, 0.1) is 18.3 Å². The third kappa shape index (κ3) is 4.59. The van der Waals surface area contributed by atoms with Crippen molar-refractivity contribution in [3.63, 3.8) is 0 Å². The van der Waals surface area contributed by atoms with Crippen LogP contribution in [-0.4, -0.2) is 28.0 Å². The Labute approximate surface area is 201 Å². The summed E-state index contributed by atoms with van der Waals surface area (Å²) in [4.78, 5) is 24.3. The van der Waals surface area contributed by atoms with Crippen LogP contribution >= 0.6 is 19.0 Å². The van der Waals surface area contributed by atoms with Crippen LogP contribution in [0.5, 0.6) is 0 Å². The van der Waals surface area contributed by atoms with Crippen LogP contribution in [0.2, 0.25) is 5.02 Å². The first-order valence-electron chi connectivity index (χ1n) is 10.3. The van der Waals surface area contributed by atoms with E-state index in [1.807, 2.05) is 13.0 Å². The molecule has 0 saturated carbocycles. The van der Waals surface area contributed by atoms with Gasteiger partial charge in [-0.15, -0.1) is 0 Å². The summed E-state index contributed by atoms with van der Waals surface area (Å²) in [6.45, 7) is 2.04. The van der Waals surface area contributed by atoms with E-state index in [4.69, 9.17) is 21.4 Å². The minimum atomic E-state index is -3.77. The number of carbonyl (C=O) groups excluding carboxylic acids is 1. The number of nitriles is 1. The standard InChI is InChI=1S/C24H21ClN5O3P/c1-15-7-16(5-6-26)9-19(8-15)34(32,33-2)23-20-10-18(25)3-4-21(20)30-22(23)24(31)29-13-17-11-27-14-28-12-17/h3-4,7-12,14,30H,5,13H2,1-2H3,(H,29,31). The fraction of sp³-hybridized carbons (Fsp3) is 0.167. The van der Waals surface area contributed by atoms with Crippen LogP contribution < -0.4 is 15.9 Å². The third-order valence-corrected chi connectivity index (χ3v) is 8.06. The number of nitrogens with one attached hydrogen (secondary N) is 2. The summed E-state index contributed by atoms with van der Waals surface area (Å²) in [6.07, 6.45) is 4.76. The van der Waals surface area contributed by atoms with Gasteiger partial charge in [0.25, 0.3) is 13.3 Å². The van der Waals surface area contributed by atoms with Gasteiger partial charge in [0.05, 0.1) is 17.8 Å². The number of hydrogen-bond acceptors (Lipinski definition) is 6. The Kier molecular flexibility index (Phi) is 6.80. The number of carbonyl (C=O) groups is 1. The molecule has 0 bridgehead atoms. The molecule has 4 aromatic rings. The molecule has 172 valence electrons. The molecule has 0 saturated heterocycles. The van der Waals surface area contributed by atoms with Gasteiger partial charge in [0.15, 0.2) is 0 Å². The maximum absolute atomic E-state index is 14.5. The van der Waals surface area contributed by atoms with Crippen molar-refractivity contribution in [1.29, 1.82) is 5.26 Å². The lowest BCUT2D eigenvalue weighted by Crippen LogP contribution is -2.30. The molecular formula is C24H21ClN5O3P. The van der Waals surface area contributed by atoms with Crippen molar-refractivity contribution in [2.75, 3.05) is 7.11 Å². The van der Waals surface area contributed by atoms with Gasteiger partial charge < -0.3 is 14.8 Å². The van der Waals surface area contributed by atoms with E-state index in [0.717, 1.165) is 5.56 Å². The van der Waals surface area contributed by atoms with Crippen LogP contribution in [0.1, 0.15) is 27.2 Å². The van der Waals surface area contributed by atoms with Gasteiger partial charge in [0.2, 0.25) is 0 Å². The highest BCUT2D eigenvalue weighted by Gasteiger charge is 2.36. The molecule has 2 N–H and O–H groups in total.